The monoisotopic (exact) mass is 265 g/mol. The number of carbonyl (C=O) groups excluding carboxylic acids is 1. The van der Waals surface area contributed by atoms with Crippen molar-refractivity contribution >= 4 is 5.78 Å². The Hall–Kier alpha value is -0.410. The van der Waals surface area contributed by atoms with E-state index in [-0.39, 0.29) is 16.9 Å². The molecule has 1 saturated carbocycles. The summed E-state index contributed by atoms with van der Waals surface area (Å²) in [7, 11) is 0. The summed E-state index contributed by atoms with van der Waals surface area (Å²) in [5.41, 5.74) is -0.0584. The molecule has 0 amide bonds. The highest BCUT2D eigenvalue weighted by Crippen LogP contribution is 2.44. The number of carbonyl (C=O) groups is 1. The lowest BCUT2D eigenvalue weighted by Gasteiger charge is -2.42. The number of piperidine rings is 1. The van der Waals surface area contributed by atoms with E-state index in [1.54, 1.807) is 0 Å². The van der Waals surface area contributed by atoms with E-state index in [0.29, 0.717) is 5.78 Å². The van der Waals surface area contributed by atoms with Crippen molar-refractivity contribution in [2.45, 2.75) is 63.9 Å². The van der Waals surface area contributed by atoms with Crippen molar-refractivity contribution in [2.75, 3.05) is 19.7 Å². The number of hydrogen-bond donors (Lipinski definition) is 1. The molecule has 3 fully saturated rings. The van der Waals surface area contributed by atoms with Crippen LogP contribution in [0.25, 0.3) is 0 Å². The van der Waals surface area contributed by atoms with Crippen LogP contribution in [0.4, 0.5) is 0 Å². The third kappa shape index (κ3) is 2.59. The second-order valence-corrected chi connectivity index (χ2v) is 7.13. The molecule has 108 valence electrons. The Balaban J connectivity index is 1.69. The van der Waals surface area contributed by atoms with Crippen LogP contribution in [0.2, 0.25) is 0 Å². The standard InChI is InChI=1S/C16H27NO2/c1-15(6-4-9-17-12-15)14(18)13-5-10-19-16(11-13)7-2-3-8-16/h13,17H,2-12H2,1H3. The lowest BCUT2D eigenvalue weighted by molar-refractivity contribution is -0.145. The van der Waals surface area contributed by atoms with E-state index in [9.17, 15) is 4.79 Å². The number of Topliss-reactive ketones (excluding diaryl/α,β-unsaturated/α-hetero) is 1. The molecule has 0 radical (unpaired) electrons. The molecule has 0 aromatic heterocycles. The van der Waals surface area contributed by atoms with Gasteiger partial charge in [-0.25, -0.2) is 0 Å². The first-order chi connectivity index (χ1) is 9.14. The van der Waals surface area contributed by atoms with Gasteiger partial charge in [-0.2, -0.15) is 0 Å². The van der Waals surface area contributed by atoms with Crippen molar-refractivity contribution in [3.05, 3.63) is 0 Å². The summed E-state index contributed by atoms with van der Waals surface area (Å²) in [6.07, 6.45) is 9.02. The van der Waals surface area contributed by atoms with E-state index in [1.807, 2.05) is 0 Å². The molecule has 3 nitrogen and oxygen atoms in total. The number of hydrogen-bond acceptors (Lipinski definition) is 3. The maximum Gasteiger partial charge on any atom is 0.143 e. The summed E-state index contributed by atoms with van der Waals surface area (Å²) in [4.78, 5) is 12.9. The lowest BCUT2D eigenvalue weighted by atomic mass is 9.70. The molecule has 1 aliphatic carbocycles. The summed E-state index contributed by atoms with van der Waals surface area (Å²) in [5.74, 6) is 0.756. The Kier molecular flexibility index (Phi) is 3.69. The zero-order chi connectivity index (χ0) is 13.3. The molecule has 2 atom stereocenters. The Morgan fingerprint density at radius 2 is 2.00 bits per heavy atom. The molecule has 1 spiro atoms. The van der Waals surface area contributed by atoms with Crippen LogP contribution in [0, 0.1) is 11.3 Å². The summed E-state index contributed by atoms with van der Waals surface area (Å²) in [6, 6.07) is 0. The Bertz CT molecular complexity index is 341. The number of rotatable bonds is 2. The van der Waals surface area contributed by atoms with Crippen molar-refractivity contribution in [3.63, 3.8) is 0 Å². The maximum atomic E-state index is 12.9. The minimum Gasteiger partial charge on any atom is -0.375 e. The van der Waals surface area contributed by atoms with Crippen LogP contribution >= 0.6 is 0 Å². The molecule has 3 aliphatic rings. The number of ether oxygens (including phenoxy) is 1. The maximum absolute atomic E-state index is 12.9. The molecule has 3 heteroatoms. The minimum atomic E-state index is -0.125. The van der Waals surface area contributed by atoms with Gasteiger partial charge in [0.2, 0.25) is 0 Å². The molecular weight excluding hydrogens is 238 g/mol. The first-order valence-electron chi connectivity index (χ1n) is 8.03. The predicted molar refractivity (Wildman–Crippen MR) is 75.1 cm³/mol. The summed E-state index contributed by atoms with van der Waals surface area (Å²) < 4.78 is 6.06. The lowest BCUT2D eigenvalue weighted by Crippen LogP contribution is -2.49. The molecule has 2 heterocycles. The highest BCUT2D eigenvalue weighted by molar-refractivity contribution is 5.87. The fourth-order valence-corrected chi connectivity index (χ4v) is 4.38. The van der Waals surface area contributed by atoms with Gasteiger partial charge in [0.1, 0.15) is 5.78 Å². The third-order valence-electron chi connectivity index (χ3n) is 5.57. The van der Waals surface area contributed by atoms with Crippen LogP contribution in [0.3, 0.4) is 0 Å². The number of nitrogens with one attached hydrogen (secondary N) is 1. The second-order valence-electron chi connectivity index (χ2n) is 7.13. The Morgan fingerprint density at radius 1 is 1.21 bits per heavy atom. The van der Waals surface area contributed by atoms with Crippen LogP contribution in [0.5, 0.6) is 0 Å². The topological polar surface area (TPSA) is 38.3 Å². The predicted octanol–water partition coefficient (Wildman–Crippen LogP) is 2.68. The largest absolute Gasteiger partial charge is 0.375 e. The van der Waals surface area contributed by atoms with Crippen molar-refractivity contribution < 1.29 is 9.53 Å². The first kappa shape index (κ1) is 13.6. The van der Waals surface area contributed by atoms with Gasteiger partial charge in [0.05, 0.1) is 5.60 Å². The molecule has 2 aliphatic heterocycles. The first-order valence-corrected chi connectivity index (χ1v) is 8.03. The Morgan fingerprint density at radius 3 is 2.68 bits per heavy atom. The SMILES string of the molecule is CC1(C(=O)C2CCOC3(CCCC3)C2)CCCNC1. The van der Waals surface area contributed by atoms with Crippen molar-refractivity contribution in [3.8, 4) is 0 Å². The van der Waals surface area contributed by atoms with Crippen molar-refractivity contribution in [1.82, 2.24) is 5.32 Å². The van der Waals surface area contributed by atoms with Gasteiger partial charge in [-0.05, 0) is 45.1 Å². The van der Waals surface area contributed by atoms with Crippen LogP contribution in [-0.4, -0.2) is 31.1 Å². The zero-order valence-electron chi connectivity index (χ0n) is 12.2. The second kappa shape index (κ2) is 5.17. The van der Waals surface area contributed by atoms with Gasteiger partial charge in [0, 0.05) is 24.5 Å². The molecule has 0 aromatic rings. The van der Waals surface area contributed by atoms with Gasteiger partial charge in [0.25, 0.3) is 0 Å². The molecular formula is C16H27NO2. The van der Waals surface area contributed by atoms with Crippen LogP contribution in [0.15, 0.2) is 0 Å². The number of ketones is 1. The fraction of sp³-hybridized carbons (Fsp3) is 0.938. The normalized spacial score (nSPS) is 38.5. The summed E-state index contributed by atoms with van der Waals surface area (Å²) >= 11 is 0. The van der Waals surface area contributed by atoms with Crippen molar-refractivity contribution in [1.29, 1.82) is 0 Å². The van der Waals surface area contributed by atoms with E-state index in [1.165, 1.54) is 25.7 Å². The third-order valence-corrected chi connectivity index (χ3v) is 5.57. The van der Waals surface area contributed by atoms with E-state index in [0.717, 1.165) is 45.4 Å². The van der Waals surface area contributed by atoms with E-state index >= 15 is 0 Å². The average molecular weight is 265 g/mol. The molecule has 19 heavy (non-hydrogen) atoms. The molecule has 2 saturated heterocycles. The van der Waals surface area contributed by atoms with E-state index in [2.05, 4.69) is 12.2 Å². The highest BCUT2D eigenvalue weighted by atomic mass is 16.5. The molecule has 0 bridgehead atoms. The molecule has 1 N–H and O–H groups in total. The average Bonchev–Trinajstić information content (AvgIpc) is 2.87. The zero-order valence-corrected chi connectivity index (χ0v) is 12.2. The van der Waals surface area contributed by atoms with Crippen LogP contribution in [0.1, 0.15) is 58.3 Å². The van der Waals surface area contributed by atoms with E-state index in [4.69, 9.17) is 4.74 Å². The van der Waals surface area contributed by atoms with Gasteiger partial charge >= 0.3 is 0 Å². The molecule has 3 rings (SSSR count). The summed E-state index contributed by atoms with van der Waals surface area (Å²) in [5, 5.41) is 3.40. The van der Waals surface area contributed by atoms with Gasteiger partial charge in [-0.1, -0.05) is 19.8 Å². The van der Waals surface area contributed by atoms with Crippen LogP contribution < -0.4 is 5.32 Å². The van der Waals surface area contributed by atoms with Crippen LogP contribution in [-0.2, 0) is 9.53 Å². The highest BCUT2D eigenvalue weighted by Gasteiger charge is 2.46. The van der Waals surface area contributed by atoms with Gasteiger partial charge in [0.15, 0.2) is 0 Å². The van der Waals surface area contributed by atoms with Gasteiger partial charge in [-0.3, -0.25) is 4.79 Å². The minimum absolute atomic E-state index is 0.0665. The molecule has 0 aromatic carbocycles. The van der Waals surface area contributed by atoms with Gasteiger partial charge in [-0.15, -0.1) is 0 Å². The Labute approximate surface area is 116 Å². The quantitative estimate of drug-likeness (QED) is 0.834. The van der Waals surface area contributed by atoms with Crippen molar-refractivity contribution in [2.24, 2.45) is 11.3 Å². The fourth-order valence-electron chi connectivity index (χ4n) is 4.38. The van der Waals surface area contributed by atoms with E-state index < -0.39 is 0 Å². The molecule has 2 unspecified atom stereocenters. The smallest absolute Gasteiger partial charge is 0.143 e. The summed E-state index contributed by atoms with van der Waals surface area (Å²) in [6.45, 7) is 4.90. The van der Waals surface area contributed by atoms with Gasteiger partial charge < -0.3 is 10.1 Å².